The standard InChI is InChI=1S/C17H13N3O/c1-21-16-9-5-2-6-12(16)14-10-11-18-17-19-13-7-3-4-8-15(13)20(14)17/h2-11H,1H3. The third-order valence-corrected chi connectivity index (χ3v) is 3.59. The molecule has 0 amide bonds. The molecular weight excluding hydrogens is 262 g/mol. The van der Waals surface area contributed by atoms with Crippen molar-refractivity contribution < 1.29 is 4.74 Å². The quantitative estimate of drug-likeness (QED) is 0.561. The van der Waals surface area contributed by atoms with Crippen LogP contribution in [0.1, 0.15) is 0 Å². The zero-order valence-corrected chi connectivity index (χ0v) is 11.5. The number of ether oxygens (including phenoxy) is 1. The van der Waals surface area contributed by atoms with E-state index in [1.807, 2.05) is 48.5 Å². The van der Waals surface area contributed by atoms with E-state index in [0.29, 0.717) is 5.78 Å². The first kappa shape index (κ1) is 11.9. The van der Waals surface area contributed by atoms with Gasteiger partial charge >= 0.3 is 0 Å². The van der Waals surface area contributed by atoms with Crippen molar-refractivity contribution >= 4 is 16.8 Å². The van der Waals surface area contributed by atoms with E-state index in [4.69, 9.17) is 4.74 Å². The second-order valence-corrected chi connectivity index (χ2v) is 4.77. The molecular formula is C17H13N3O. The molecule has 4 heteroatoms. The van der Waals surface area contributed by atoms with Gasteiger partial charge in [0.2, 0.25) is 5.78 Å². The second-order valence-electron chi connectivity index (χ2n) is 4.77. The molecule has 0 fully saturated rings. The van der Waals surface area contributed by atoms with Crippen LogP contribution in [0.5, 0.6) is 5.75 Å². The Labute approximate surface area is 121 Å². The summed E-state index contributed by atoms with van der Waals surface area (Å²) in [7, 11) is 1.68. The zero-order valence-electron chi connectivity index (χ0n) is 11.5. The van der Waals surface area contributed by atoms with Crippen molar-refractivity contribution in [3.8, 4) is 17.0 Å². The molecule has 0 N–H and O–H groups in total. The van der Waals surface area contributed by atoms with Crippen molar-refractivity contribution in [2.24, 2.45) is 0 Å². The van der Waals surface area contributed by atoms with Crippen LogP contribution in [0.2, 0.25) is 0 Å². The predicted molar refractivity (Wildman–Crippen MR) is 82.5 cm³/mol. The SMILES string of the molecule is COc1ccccc1-c1ccnc2nc3ccccc3n12. The van der Waals surface area contributed by atoms with Gasteiger partial charge in [0.15, 0.2) is 0 Å². The van der Waals surface area contributed by atoms with Crippen LogP contribution in [0.25, 0.3) is 28.1 Å². The molecule has 0 unspecified atom stereocenters. The van der Waals surface area contributed by atoms with Crippen molar-refractivity contribution in [1.82, 2.24) is 14.4 Å². The van der Waals surface area contributed by atoms with Gasteiger partial charge in [0.05, 0.1) is 23.8 Å². The normalized spacial score (nSPS) is 11.1. The van der Waals surface area contributed by atoms with Gasteiger partial charge in [0.25, 0.3) is 0 Å². The second kappa shape index (κ2) is 4.59. The maximum atomic E-state index is 5.48. The summed E-state index contributed by atoms with van der Waals surface area (Å²) in [5, 5.41) is 0. The molecule has 0 aliphatic carbocycles. The Kier molecular flexibility index (Phi) is 2.60. The number of rotatable bonds is 2. The summed E-state index contributed by atoms with van der Waals surface area (Å²) in [4.78, 5) is 8.94. The lowest BCUT2D eigenvalue weighted by Crippen LogP contribution is -1.96. The first-order valence-electron chi connectivity index (χ1n) is 6.74. The predicted octanol–water partition coefficient (Wildman–Crippen LogP) is 3.56. The van der Waals surface area contributed by atoms with Gasteiger partial charge in [-0.1, -0.05) is 24.3 Å². The van der Waals surface area contributed by atoms with Crippen molar-refractivity contribution in [2.45, 2.75) is 0 Å². The fraction of sp³-hybridized carbons (Fsp3) is 0.0588. The Bertz CT molecular complexity index is 943. The fourth-order valence-corrected chi connectivity index (χ4v) is 2.65. The van der Waals surface area contributed by atoms with E-state index in [-0.39, 0.29) is 0 Å². The highest BCUT2D eigenvalue weighted by Gasteiger charge is 2.12. The number of hydrogen-bond donors (Lipinski definition) is 0. The molecule has 2 aromatic carbocycles. The average molecular weight is 275 g/mol. The van der Waals surface area contributed by atoms with Crippen molar-refractivity contribution in [3.05, 3.63) is 60.8 Å². The number of fused-ring (bicyclic) bond motifs is 3. The fourth-order valence-electron chi connectivity index (χ4n) is 2.65. The van der Waals surface area contributed by atoms with Gasteiger partial charge in [-0.25, -0.2) is 9.97 Å². The number of methoxy groups -OCH3 is 1. The van der Waals surface area contributed by atoms with E-state index in [1.165, 1.54) is 0 Å². The minimum absolute atomic E-state index is 0.694. The number of hydrogen-bond acceptors (Lipinski definition) is 3. The lowest BCUT2D eigenvalue weighted by molar-refractivity contribution is 0.416. The summed E-state index contributed by atoms with van der Waals surface area (Å²) in [6.45, 7) is 0. The summed E-state index contributed by atoms with van der Waals surface area (Å²) in [5.41, 5.74) is 4.02. The number of para-hydroxylation sites is 3. The minimum Gasteiger partial charge on any atom is -0.496 e. The number of aromatic nitrogens is 3. The molecule has 0 spiro atoms. The highest BCUT2D eigenvalue weighted by Crippen LogP contribution is 2.31. The summed E-state index contributed by atoms with van der Waals surface area (Å²) in [5.74, 6) is 1.53. The summed E-state index contributed by atoms with van der Waals surface area (Å²) in [6.07, 6.45) is 1.78. The van der Waals surface area contributed by atoms with E-state index < -0.39 is 0 Å². The van der Waals surface area contributed by atoms with Crippen LogP contribution < -0.4 is 4.74 Å². The highest BCUT2D eigenvalue weighted by molar-refractivity contribution is 5.83. The van der Waals surface area contributed by atoms with Crippen LogP contribution >= 0.6 is 0 Å². The van der Waals surface area contributed by atoms with Crippen LogP contribution in [-0.2, 0) is 0 Å². The molecule has 0 saturated heterocycles. The third-order valence-electron chi connectivity index (χ3n) is 3.59. The Morgan fingerprint density at radius 3 is 2.67 bits per heavy atom. The molecule has 4 aromatic rings. The molecule has 102 valence electrons. The van der Waals surface area contributed by atoms with Crippen molar-refractivity contribution in [1.29, 1.82) is 0 Å². The lowest BCUT2D eigenvalue weighted by Gasteiger charge is -2.10. The highest BCUT2D eigenvalue weighted by atomic mass is 16.5. The van der Waals surface area contributed by atoms with E-state index in [0.717, 1.165) is 28.0 Å². The summed E-state index contributed by atoms with van der Waals surface area (Å²) < 4.78 is 7.55. The van der Waals surface area contributed by atoms with Crippen LogP contribution in [0.4, 0.5) is 0 Å². The van der Waals surface area contributed by atoms with E-state index >= 15 is 0 Å². The smallest absolute Gasteiger partial charge is 0.235 e. The molecule has 2 heterocycles. The van der Waals surface area contributed by atoms with Gasteiger partial charge in [0.1, 0.15) is 5.75 Å². The largest absolute Gasteiger partial charge is 0.496 e. The first-order chi connectivity index (χ1) is 10.4. The van der Waals surface area contributed by atoms with Gasteiger partial charge < -0.3 is 4.74 Å². The summed E-state index contributed by atoms with van der Waals surface area (Å²) >= 11 is 0. The molecule has 0 saturated carbocycles. The average Bonchev–Trinajstić information content (AvgIpc) is 2.93. The van der Waals surface area contributed by atoms with Crippen molar-refractivity contribution in [2.75, 3.05) is 7.11 Å². The van der Waals surface area contributed by atoms with Gasteiger partial charge in [-0.05, 0) is 30.3 Å². The van der Waals surface area contributed by atoms with Crippen molar-refractivity contribution in [3.63, 3.8) is 0 Å². The number of imidazole rings is 1. The molecule has 4 nitrogen and oxygen atoms in total. The Hall–Kier alpha value is -2.88. The Balaban J connectivity index is 2.13. The van der Waals surface area contributed by atoms with Gasteiger partial charge in [0, 0.05) is 11.8 Å². The monoisotopic (exact) mass is 275 g/mol. The molecule has 0 bridgehead atoms. The zero-order chi connectivity index (χ0) is 14.2. The van der Waals surface area contributed by atoms with E-state index in [9.17, 15) is 0 Å². The molecule has 0 aliphatic rings. The van der Waals surface area contributed by atoms with E-state index in [2.05, 4.69) is 20.4 Å². The topological polar surface area (TPSA) is 39.4 Å². The molecule has 0 atom stereocenters. The minimum atomic E-state index is 0.694. The van der Waals surface area contributed by atoms with Gasteiger partial charge in [-0.15, -0.1) is 0 Å². The molecule has 2 aromatic heterocycles. The molecule has 0 radical (unpaired) electrons. The van der Waals surface area contributed by atoms with Gasteiger partial charge in [-0.3, -0.25) is 4.40 Å². The Morgan fingerprint density at radius 2 is 1.76 bits per heavy atom. The van der Waals surface area contributed by atoms with Crippen LogP contribution in [0.15, 0.2) is 60.8 Å². The van der Waals surface area contributed by atoms with E-state index in [1.54, 1.807) is 13.3 Å². The van der Waals surface area contributed by atoms with Gasteiger partial charge in [-0.2, -0.15) is 0 Å². The lowest BCUT2D eigenvalue weighted by atomic mass is 10.1. The maximum Gasteiger partial charge on any atom is 0.235 e. The summed E-state index contributed by atoms with van der Waals surface area (Å²) in [6, 6.07) is 18.0. The van der Waals surface area contributed by atoms with Crippen LogP contribution in [0, 0.1) is 0 Å². The Morgan fingerprint density at radius 1 is 0.952 bits per heavy atom. The van der Waals surface area contributed by atoms with Crippen LogP contribution in [-0.4, -0.2) is 21.5 Å². The first-order valence-corrected chi connectivity index (χ1v) is 6.74. The molecule has 0 aliphatic heterocycles. The molecule has 21 heavy (non-hydrogen) atoms. The third kappa shape index (κ3) is 1.76. The number of benzene rings is 2. The molecule has 4 rings (SSSR count). The number of nitrogens with zero attached hydrogens (tertiary/aromatic N) is 3. The maximum absolute atomic E-state index is 5.48. The van der Waals surface area contributed by atoms with Crippen LogP contribution in [0.3, 0.4) is 0 Å².